The molecule has 1 atom stereocenters. The zero-order valence-corrected chi connectivity index (χ0v) is 10.6. The monoisotopic (exact) mass is 255 g/mol. The van der Waals surface area contributed by atoms with Gasteiger partial charge in [0.15, 0.2) is 10.9 Å². The molecule has 1 aliphatic carbocycles. The molecule has 1 saturated carbocycles. The van der Waals surface area contributed by atoms with Crippen LogP contribution < -0.4 is 10.1 Å². The van der Waals surface area contributed by atoms with Gasteiger partial charge in [0.2, 0.25) is 0 Å². The quantitative estimate of drug-likeness (QED) is 0.902. The van der Waals surface area contributed by atoms with E-state index in [2.05, 4.69) is 10.4 Å². The lowest BCUT2D eigenvalue weighted by Gasteiger charge is -2.13. The Morgan fingerprint density at radius 1 is 1.35 bits per heavy atom. The Balaban J connectivity index is 1.72. The third-order valence-electron chi connectivity index (χ3n) is 3.68. The average Bonchev–Trinajstić information content (AvgIpc) is 3.03. The highest BCUT2D eigenvalue weighted by atomic mass is 35.5. The number of rotatable bonds is 3. The molecule has 94 valence electrons. The maximum atomic E-state index is 6.33. The summed E-state index contributed by atoms with van der Waals surface area (Å²) in [4.78, 5) is 0. The normalized spacial score (nSPS) is 25.6. The Bertz CT molecular complexity index is 381. The van der Waals surface area contributed by atoms with E-state index in [4.69, 9.17) is 16.3 Å². The van der Waals surface area contributed by atoms with E-state index < -0.39 is 0 Å². The maximum absolute atomic E-state index is 6.33. The van der Waals surface area contributed by atoms with Crippen LogP contribution in [0.25, 0.3) is 0 Å². The van der Waals surface area contributed by atoms with Crippen LogP contribution in [0.3, 0.4) is 0 Å². The van der Waals surface area contributed by atoms with Crippen molar-refractivity contribution in [1.82, 2.24) is 15.1 Å². The van der Waals surface area contributed by atoms with Crippen molar-refractivity contribution in [2.45, 2.75) is 44.2 Å². The van der Waals surface area contributed by atoms with Crippen LogP contribution in [0.4, 0.5) is 0 Å². The van der Waals surface area contributed by atoms with Gasteiger partial charge in [0.05, 0.1) is 18.3 Å². The molecule has 1 aromatic rings. The molecule has 0 spiro atoms. The summed E-state index contributed by atoms with van der Waals surface area (Å²) in [6, 6.07) is 0.378. The highest BCUT2D eigenvalue weighted by Gasteiger charge is 2.24. The second-order valence-electron chi connectivity index (χ2n) is 4.92. The number of aromatic nitrogens is 2. The fraction of sp³-hybridized carbons (Fsp3) is 0.750. The summed E-state index contributed by atoms with van der Waals surface area (Å²) in [6.45, 7) is 1.99. The van der Waals surface area contributed by atoms with Crippen molar-refractivity contribution in [1.29, 1.82) is 0 Å². The van der Waals surface area contributed by atoms with Crippen LogP contribution in [0.15, 0.2) is 6.20 Å². The molecule has 1 N–H and O–H groups in total. The number of nitrogens with one attached hydrogen (secondary N) is 1. The van der Waals surface area contributed by atoms with Gasteiger partial charge in [-0.25, -0.2) is 4.68 Å². The predicted octanol–water partition coefficient (Wildman–Crippen LogP) is 2.39. The summed E-state index contributed by atoms with van der Waals surface area (Å²) in [6.07, 6.45) is 8.01. The van der Waals surface area contributed by atoms with Crippen molar-refractivity contribution in [3.8, 4) is 5.75 Å². The van der Waals surface area contributed by atoms with Crippen LogP contribution in [0, 0.1) is 0 Å². The molecule has 2 fully saturated rings. The van der Waals surface area contributed by atoms with Crippen LogP contribution in [0.5, 0.6) is 5.75 Å². The summed E-state index contributed by atoms with van der Waals surface area (Å²) in [5.74, 6) is 0.755. The minimum absolute atomic E-state index is 0.340. The molecule has 17 heavy (non-hydrogen) atoms. The first-order chi connectivity index (χ1) is 8.34. The zero-order chi connectivity index (χ0) is 11.7. The van der Waals surface area contributed by atoms with E-state index in [1.165, 1.54) is 12.8 Å². The predicted molar refractivity (Wildman–Crippen MR) is 66.6 cm³/mol. The lowest BCUT2D eigenvalue weighted by molar-refractivity contribution is 0.210. The minimum atomic E-state index is 0.340. The highest BCUT2D eigenvalue weighted by Crippen LogP contribution is 2.32. The van der Waals surface area contributed by atoms with Crippen LogP contribution >= 0.6 is 11.6 Å². The number of hydrogen-bond acceptors (Lipinski definition) is 3. The maximum Gasteiger partial charge on any atom is 0.176 e. The largest absolute Gasteiger partial charge is 0.486 e. The molecule has 0 bridgehead atoms. The lowest BCUT2D eigenvalue weighted by Crippen LogP contribution is -2.15. The van der Waals surface area contributed by atoms with Gasteiger partial charge in [-0.1, -0.05) is 11.6 Å². The van der Waals surface area contributed by atoms with Gasteiger partial charge < -0.3 is 10.1 Å². The molecule has 4 nitrogen and oxygen atoms in total. The second kappa shape index (κ2) is 4.86. The van der Waals surface area contributed by atoms with Crippen molar-refractivity contribution in [3.63, 3.8) is 0 Å². The van der Waals surface area contributed by atoms with Crippen molar-refractivity contribution in [2.24, 2.45) is 0 Å². The third kappa shape index (κ3) is 2.29. The van der Waals surface area contributed by atoms with Gasteiger partial charge >= 0.3 is 0 Å². The van der Waals surface area contributed by atoms with E-state index in [0.29, 0.717) is 17.3 Å². The summed E-state index contributed by atoms with van der Waals surface area (Å²) < 4.78 is 7.81. The van der Waals surface area contributed by atoms with Crippen LogP contribution in [0.1, 0.15) is 38.1 Å². The standard InChI is InChI=1S/C12H18ClN3O/c13-12-11(17-10-3-1-2-4-10)8-15-16(12)9-5-6-14-7-9/h8-10,14H,1-7H2. The first-order valence-electron chi connectivity index (χ1n) is 6.45. The van der Waals surface area contributed by atoms with Gasteiger partial charge in [-0.2, -0.15) is 5.10 Å². The molecule has 2 heterocycles. The fourth-order valence-electron chi connectivity index (χ4n) is 2.70. The van der Waals surface area contributed by atoms with Gasteiger partial charge in [-0.3, -0.25) is 0 Å². The first kappa shape index (κ1) is 11.4. The van der Waals surface area contributed by atoms with E-state index in [1.54, 1.807) is 6.20 Å². The molecule has 1 unspecified atom stereocenters. The van der Waals surface area contributed by atoms with Crippen molar-refractivity contribution in [2.75, 3.05) is 13.1 Å². The van der Waals surface area contributed by atoms with E-state index in [0.717, 1.165) is 38.1 Å². The van der Waals surface area contributed by atoms with Crippen molar-refractivity contribution < 1.29 is 4.74 Å². The molecular formula is C12H18ClN3O. The number of ether oxygens (including phenoxy) is 1. The van der Waals surface area contributed by atoms with Gasteiger partial charge in [0.25, 0.3) is 0 Å². The Kier molecular flexibility index (Phi) is 3.25. The Hall–Kier alpha value is -0.740. The smallest absolute Gasteiger partial charge is 0.176 e. The summed E-state index contributed by atoms with van der Waals surface area (Å²) in [7, 11) is 0. The molecule has 0 aromatic carbocycles. The van der Waals surface area contributed by atoms with E-state index in [9.17, 15) is 0 Å². The van der Waals surface area contributed by atoms with Gasteiger partial charge in [0, 0.05) is 6.54 Å². The Morgan fingerprint density at radius 2 is 2.18 bits per heavy atom. The number of nitrogens with zero attached hydrogens (tertiary/aromatic N) is 2. The molecule has 0 amide bonds. The molecule has 2 aliphatic rings. The number of halogens is 1. The number of hydrogen-bond donors (Lipinski definition) is 1. The SMILES string of the molecule is Clc1c(OC2CCCC2)cnn1C1CCNC1. The Labute approximate surface area is 106 Å². The fourth-order valence-corrected chi connectivity index (χ4v) is 2.97. The van der Waals surface area contributed by atoms with E-state index in [-0.39, 0.29) is 0 Å². The molecule has 1 aliphatic heterocycles. The molecule has 0 radical (unpaired) electrons. The van der Waals surface area contributed by atoms with Crippen LogP contribution in [-0.2, 0) is 0 Å². The van der Waals surface area contributed by atoms with E-state index in [1.807, 2.05) is 4.68 Å². The lowest BCUT2D eigenvalue weighted by atomic mass is 10.3. The van der Waals surface area contributed by atoms with Gasteiger partial charge in [-0.05, 0) is 38.6 Å². The van der Waals surface area contributed by atoms with Gasteiger partial charge in [-0.15, -0.1) is 0 Å². The van der Waals surface area contributed by atoms with Crippen molar-refractivity contribution >= 4 is 11.6 Å². The van der Waals surface area contributed by atoms with Gasteiger partial charge in [0.1, 0.15) is 0 Å². The summed E-state index contributed by atoms with van der Waals surface area (Å²) in [5, 5.41) is 8.34. The minimum Gasteiger partial charge on any atom is -0.486 e. The topological polar surface area (TPSA) is 39.1 Å². The molecular weight excluding hydrogens is 238 g/mol. The summed E-state index contributed by atoms with van der Waals surface area (Å²) in [5.41, 5.74) is 0. The van der Waals surface area contributed by atoms with Crippen molar-refractivity contribution in [3.05, 3.63) is 11.3 Å². The molecule has 5 heteroatoms. The zero-order valence-electron chi connectivity index (χ0n) is 9.86. The molecule has 1 saturated heterocycles. The second-order valence-corrected chi connectivity index (χ2v) is 5.27. The molecule has 3 rings (SSSR count). The van der Waals surface area contributed by atoms with Crippen LogP contribution in [0.2, 0.25) is 5.15 Å². The summed E-state index contributed by atoms with van der Waals surface area (Å²) >= 11 is 6.33. The third-order valence-corrected chi connectivity index (χ3v) is 4.04. The first-order valence-corrected chi connectivity index (χ1v) is 6.83. The Morgan fingerprint density at radius 3 is 2.88 bits per heavy atom. The van der Waals surface area contributed by atoms with Crippen LogP contribution in [-0.4, -0.2) is 29.0 Å². The molecule has 1 aromatic heterocycles. The van der Waals surface area contributed by atoms with E-state index >= 15 is 0 Å². The average molecular weight is 256 g/mol. The highest BCUT2D eigenvalue weighted by molar-refractivity contribution is 6.31.